The topological polar surface area (TPSA) is 92.4 Å². The molecule has 8 heteroatoms. The third kappa shape index (κ3) is 2.77. The quantitative estimate of drug-likeness (QED) is 0.906. The summed E-state index contributed by atoms with van der Waals surface area (Å²) >= 11 is 0. The lowest BCUT2D eigenvalue weighted by Crippen LogP contribution is -2.56. The Morgan fingerprint density at radius 3 is 2.96 bits per heavy atom. The average molecular weight is 337 g/mol. The van der Waals surface area contributed by atoms with E-state index >= 15 is 0 Å². The van der Waals surface area contributed by atoms with Crippen molar-refractivity contribution >= 4 is 21.1 Å². The lowest BCUT2D eigenvalue weighted by Gasteiger charge is -2.42. The van der Waals surface area contributed by atoms with Crippen LogP contribution in [0.5, 0.6) is 0 Å². The van der Waals surface area contributed by atoms with Crippen LogP contribution in [-0.4, -0.2) is 48.0 Å². The Bertz CT molecular complexity index is 893. The van der Waals surface area contributed by atoms with Crippen LogP contribution in [0.3, 0.4) is 0 Å². The first-order chi connectivity index (χ1) is 10.9. The van der Waals surface area contributed by atoms with Gasteiger partial charge in [-0.2, -0.15) is 4.31 Å². The molecule has 0 spiro atoms. The Morgan fingerprint density at radius 1 is 1.43 bits per heavy atom. The van der Waals surface area contributed by atoms with Gasteiger partial charge in [-0.1, -0.05) is 6.92 Å². The van der Waals surface area contributed by atoms with Crippen LogP contribution in [0.1, 0.15) is 20.3 Å². The number of aromatic amines is 1. The first-order valence-corrected chi connectivity index (χ1v) is 8.90. The van der Waals surface area contributed by atoms with Gasteiger partial charge in [0.15, 0.2) is 0 Å². The summed E-state index contributed by atoms with van der Waals surface area (Å²) in [4.78, 5) is 18.1. The molecule has 1 unspecified atom stereocenters. The van der Waals surface area contributed by atoms with Gasteiger partial charge in [0, 0.05) is 6.54 Å². The zero-order valence-electron chi connectivity index (χ0n) is 13.1. The molecule has 1 aliphatic heterocycles. The fraction of sp³-hybridized carbons (Fsp3) is 0.467. The maximum Gasteiger partial charge on any atom is 0.266 e. The molecule has 2 aromatic rings. The normalized spacial score (nSPS) is 23.2. The summed E-state index contributed by atoms with van der Waals surface area (Å²) in [5.74, 6) is 0. The van der Waals surface area contributed by atoms with Crippen LogP contribution in [0.2, 0.25) is 0 Å². The number of hydrogen-bond donors (Lipinski definition) is 1. The summed E-state index contributed by atoms with van der Waals surface area (Å²) in [7, 11) is -3.66. The van der Waals surface area contributed by atoms with E-state index < -0.39 is 15.6 Å². The molecule has 0 amide bonds. The molecule has 1 saturated heterocycles. The van der Waals surface area contributed by atoms with Crippen LogP contribution in [0.4, 0.5) is 0 Å². The van der Waals surface area contributed by atoms with Crippen molar-refractivity contribution in [3.8, 4) is 0 Å². The van der Waals surface area contributed by atoms with E-state index in [1.165, 1.54) is 16.4 Å². The molecule has 23 heavy (non-hydrogen) atoms. The van der Waals surface area contributed by atoms with E-state index in [0.717, 1.165) is 6.20 Å². The number of sulfonamides is 1. The van der Waals surface area contributed by atoms with Crippen LogP contribution < -0.4 is 5.56 Å². The molecular weight excluding hydrogens is 318 g/mol. The summed E-state index contributed by atoms with van der Waals surface area (Å²) in [6, 6.07) is 4.56. The van der Waals surface area contributed by atoms with E-state index in [9.17, 15) is 13.2 Å². The molecule has 1 fully saturated rings. The largest absolute Gasteiger partial charge is 0.378 e. The minimum atomic E-state index is -3.66. The van der Waals surface area contributed by atoms with E-state index in [1.54, 1.807) is 6.07 Å². The predicted octanol–water partition coefficient (Wildman–Crippen LogP) is 1.11. The van der Waals surface area contributed by atoms with Crippen LogP contribution in [0.15, 0.2) is 34.1 Å². The lowest BCUT2D eigenvalue weighted by molar-refractivity contribution is -0.0186. The Kier molecular flexibility index (Phi) is 3.99. The zero-order valence-corrected chi connectivity index (χ0v) is 13.9. The Hall–Kier alpha value is -1.77. The number of aromatic nitrogens is 2. The van der Waals surface area contributed by atoms with Gasteiger partial charge >= 0.3 is 0 Å². The number of nitrogens with one attached hydrogen (secondary N) is 1. The number of hydrogen-bond acceptors (Lipinski definition) is 5. The molecule has 1 atom stereocenters. The molecule has 0 radical (unpaired) electrons. The minimum Gasteiger partial charge on any atom is -0.378 e. The average Bonchev–Trinajstić information content (AvgIpc) is 2.54. The van der Waals surface area contributed by atoms with E-state index in [-0.39, 0.29) is 10.5 Å². The number of H-pyrrole nitrogens is 1. The number of rotatable bonds is 3. The molecule has 1 aromatic heterocycles. The van der Waals surface area contributed by atoms with E-state index in [1.807, 2.05) is 13.8 Å². The van der Waals surface area contributed by atoms with E-state index in [2.05, 4.69) is 9.97 Å². The molecule has 124 valence electrons. The highest BCUT2D eigenvalue weighted by Gasteiger charge is 2.41. The number of benzene rings is 1. The number of fused-ring (bicyclic) bond motifs is 1. The summed E-state index contributed by atoms with van der Waals surface area (Å²) < 4.78 is 33.1. The molecule has 1 aromatic carbocycles. The van der Waals surface area contributed by atoms with Crippen LogP contribution in [0, 0.1) is 0 Å². The highest BCUT2D eigenvalue weighted by Crippen LogP contribution is 2.30. The number of morpholine rings is 1. The lowest BCUT2D eigenvalue weighted by atomic mass is 9.99. The van der Waals surface area contributed by atoms with Gasteiger partial charge in [0.25, 0.3) is 5.56 Å². The maximum atomic E-state index is 13.0. The molecule has 0 bridgehead atoms. The van der Waals surface area contributed by atoms with Crippen molar-refractivity contribution in [2.45, 2.75) is 30.7 Å². The highest BCUT2D eigenvalue weighted by molar-refractivity contribution is 7.89. The standard InChI is InChI=1S/C15H19N3O4S/c1-3-15(2)10-22-7-6-18(15)23(20,21)11-4-5-12-13(8-11)16-9-14(19)17-12/h4-5,8-9H,3,6-7,10H2,1-2H3,(H,17,19). The van der Waals surface area contributed by atoms with Gasteiger partial charge in [-0.3, -0.25) is 4.79 Å². The summed E-state index contributed by atoms with van der Waals surface area (Å²) in [5, 5.41) is 0. The second kappa shape index (κ2) is 5.70. The second-order valence-electron chi connectivity index (χ2n) is 5.91. The van der Waals surface area contributed by atoms with Gasteiger partial charge in [-0.15, -0.1) is 0 Å². The fourth-order valence-corrected chi connectivity index (χ4v) is 4.61. The smallest absolute Gasteiger partial charge is 0.266 e. The van der Waals surface area contributed by atoms with Gasteiger partial charge in [0.2, 0.25) is 10.0 Å². The molecule has 2 heterocycles. The Balaban J connectivity index is 2.08. The Labute approximate surface area is 134 Å². The van der Waals surface area contributed by atoms with Crippen LogP contribution in [0.25, 0.3) is 11.0 Å². The Morgan fingerprint density at radius 2 is 2.22 bits per heavy atom. The molecular formula is C15H19N3O4S. The molecule has 3 rings (SSSR count). The maximum absolute atomic E-state index is 13.0. The third-order valence-electron chi connectivity index (χ3n) is 4.35. The summed E-state index contributed by atoms with van der Waals surface area (Å²) in [6.45, 7) is 4.92. The second-order valence-corrected chi connectivity index (χ2v) is 7.77. The molecule has 7 nitrogen and oxygen atoms in total. The number of ether oxygens (including phenoxy) is 1. The molecule has 1 aliphatic rings. The molecule has 0 saturated carbocycles. The highest BCUT2D eigenvalue weighted by atomic mass is 32.2. The zero-order chi connectivity index (χ0) is 16.7. The van der Waals surface area contributed by atoms with Gasteiger partial charge in [0.1, 0.15) is 0 Å². The van der Waals surface area contributed by atoms with Crippen molar-refractivity contribution in [2.24, 2.45) is 0 Å². The van der Waals surface area contributed by atoms with Crippen molar-refractivity contribution in [3.63, 3.8) is 0 Å². The molecule has 0 aliphatic carbocycles. The van der Waals surface area contributed by atoms with E-state index in [4.69, 9.17) is 4.74 Å². The van der Waals surface area contributed by atoms with Crippen molar-refractivity contribution in [1.29, 1.82) is 0 Å². The first kappa shape index (κ1) is 16.1. The first-order valence-electron chi connectivity index (χ1n) is 7.46. The van der Waals surface area contributed by atoms with Gasteiger partial charge in [-0.25, -0.2) is 13.4 Å². The van der Waals surface area contributed by atoms with Gasteiger partial charge in [0.05, 0.1) is 40.9 Å². The van der Waals surface area contributed by atoms with Crippen LogP contribution in [-0.2, 0) is 14.8 Å². The number of nitrogens with zero attached hydrogens (tertiary/aromatic N) is 2. The van der Waals surface area contributed by atoms with Gasteiger partial charge in [-0.05, 0) is 31.5 Å². The van der Waals surface area contributed by atoms with Crippen LogP contribution >= 0.6 is 0 Å². The fourth-order valence-electron chi connectivity index (χ4n) is 2.77. The van der Waals surface area contributed by atoms with Crippen molar-refractivity contribution < 1.29 is 13.2 Å². The van der Waals surface area contributed by atoms with Crippen molar-refractivity contribution in [1.82, 2.24) is 14.3 Å². The third-order valence-corrected chi connectivity index (χ3v) is 6.40. The van der Waals surface area contributed by atoms with Crippen molar-refractivity contribution in [2.75, 3.05) is 19.8 Å². The summed E-state index contributed by atoms with van der Waals surface area (Å²) in [6.07, 6.45) is 1.80. The van der Waals surface area contributed by atoms with Gasteiger partial charge < -0.3 is 9.72 Å². The summed E-state index contributed by atoms with van der Waals surface area (Å²) in [5.41, 5.74) is 0.0680. The SMILES string of the molecule is CCC1(C)COCCN1S(=O)(=O)c1ccc2[nH]c(=O)cnc2c1. The monoisotopic (exact) mass is 337 g/mol. The minimum absolute atomic E-state index is 0.172. The molecule has 1 N–H and O–H groups in total. The van der Waals surface area contributed by atoms with E-state index in [0.29, 0.717) is 37.2 Å². The van der Waals surface area contributed by atoms with Crippen molar-refractivity contribution in [3.05, 3.63) is 34.7 Å². The predicted molar refractivity (Wildman–Crippen MR) is 85.8 cm³/mol.